The standard InChI is InChI=1S/C18H20N2/c1-4-11-19-17-12(2)13(3)20-18-15-8-6-5-7-14(15)9-10-16(17)18/h5-10H,4,11H2,1-3H3,(H,19,20). The quantitative estimate of drug-likeness (QED) is 0.685. The highest BCUT2D eigenvalue weighted by molar-refractivity contribution is 6.09. The van der Waals surface area contributed by atoms with Gasteiger partial charge in [-0.2, -0.15) is 0 Å². The van der Waals surface area contributed by atoms with Gasteiger partial charge >= 0.3 is 0 Å². The highest BCUT2D eigenvalue weighted by Crippen LogP contribution is 2.32. The smallest absolute Gasteiger partial charge is 0.0804 e. The Morgan fingerprint density at radius 1 is 1.00 bits per heavy atom. The van der Waals surface area contributed by atoms with Crippen LogP contribution in [-0.4, -0.2) is 11.5 Å². The van der Waals surface area contributed by atoms with E-state index in [2.05, 4.69) is 62.5 Å². The summed E-state index contributed by atoms with van der Waals surface area (Å²) in [6, 6.07) is 12.8. The molecule has 0 saturated carbocycles. The average molecular weight is 264 g/mol. The molecule has 0 bridgehead atoms. The van der Waals surface area contributed by atoms with Gasteiger partial charge in [0.2, 0.25) is 0 Å². The van der Waals surface area contributed by atoms with Crippen molar-refractivity contribution in [3.05, 3.63) is 47.7 Å². The van der Waals surface area contributed by atoms with Gasteiger partial charge in [-0.05, 0) is 31.2 Å². The number of nitrogens with one attached hydrogen (secondary N) is 1. The van der Waals surface area contributed by atoms with Crippen LogP contribution in [0, 0.1) is 13.8 Å². The maximum atomic E-state index is 4.83. The van der Waals surface area contributed by atoms with Crippen molar-refractivity contribution in [1.82, 2.24) is 4.98 Å². The third-order valence-electron chi connectivity index (χ3n) is 3.92. The highest BCUT2D eigenvalue weighted by atomic mass is 14.9. The van der Waals surface area contributed by atoms with Crippen LogP contribution < -0.4 is 5.32 Å². The first-order valence-electron chi connectivity index (χ1n) is 7.25. The number of rotatable bonds is 3. The number of nitrogens with zero attached hydrogens (tertiary/aromatic N) is 1. The summed E-state index contributed by atoms with van der Waals surface area (Å²) in [6.07, 6.45) is 1.12. The Bertz CT molecular complexity index is 775. The number of fused-ring (bicyclic) bond motifs is 3. The van der Waals surface area contributed by atoms with Crippen LogP contribution in [0.15, 0.2) is 36.4 Å². The number of pyridine rings is 1. The molecule has 2 nitrogen and oxygen atoms in total. The summed E-state index contributed by atoms with van der Waals surface area (Å²) in [6.45, 7) is 7.42. The average Bonchev–Trinajstić information content (AvgIpc) is 2.48. The molecule has 1 N–H and O–H groups in total. The van der Waals surface area contributed by atoms with E-state index >= 15 is 0 Å². The monoisotopic (exact) mass is 264 g/mol. The Labute approximate surface area is 119 Å². The second-order valence-electron chi connectivity index (χ2n) is 5.31. The predicted octanol–water partition coefficient (Wildman–Crippen LogP) is 4.83. The van der Waals surface area contributed by atoms with Crippen LogP contribution >= 0.6 is 0 Å². The van der Waals surface area contributed by atoms with Crippen molar-refractivity contribution < 1.29 is 0 Å². The van der Waals surface area contributed by atoms with E-state index in [0.29, 0.717) is 0 Å². The normalized spacial score (nSPS) is 11.2. The van der Waals surface area contributed by atoms with Crippen molar-refractivity contribution in [2.45, 2.75) is 27.2 Å². The van der Waals surface area contributed by atoms with E-state index in [-0.39, 0.29) is 0 Å². The summed E-state index contributed by atoms with van der Waals surface area (Å²) in [4.78, 5) is 4.83. The van der Waals surface area contributed by atoms with E-state index in [9.17, 15) is 0 Å². The van der Waals surface area contributed by atoms with E-state index in [4.69, 9.17) is 4.98 Å². The van der Waals surface area contributed by atoms with Crippen LogP contribution in [-0.2, 0) is 0 Å². The van der Waals surface area contributed by atoms with Gasteiger partial charge in [-0.25, -0.2) is 0 Å². The van der Waals surface area contributed by atoms with Gasteiger partial charge in [0.15, 0.2) is 0 Å². The largest absolute Gasteiger partial charge is 0.384 e. The van der Waals surface area contributed by atoms with Crippen LogP contribution in [0.25, 0.3) is 21.7 Å². The SMILES string of the molecule is CCCNc1c(C)c(C)nc2c1ccc1ccccc12. The fourth-order valence-electron chi connectivity index (χ4n) is 2.69. The molecule has 1 aromatic heterocycles. The minimum absolute atomic E-state index is 0.992. The first-order chi connectivity index (χ1) is 9.72. The highest BCUT2D eigenvalue weighted by Gasteiger charge is 2.11. The van der Waals surface area contributed by atoms with E-state index in [1.165, 1.54) is 27.4 Å². The molecular formula is C18H20N2. The Morgan fingerprint density at radius 2 is 1.80 bits per heavy atom. The molecule has 3 rings (SSSR count). The van der Waals surface area contributed by atoms with Crippen LogP contribution in [0.1, 0.15) is 24.6 Å². The van der Waals surface area contributed by atoms with Gasteiger partial charge in [-0.1, -0.05) is 43.3 Å². The lowest BCUT2D eigenvalue weighted by Crippen LogP contribution is -2.04. The topological polar surface area (TPSA) is 24.9 Å². The zero-order valence-electron chi connectivity index (χ0n) is 12.3. The molecule has 2 aromatic carbocycles. The predicted molar refractivity (Wildman–Crippen MR) is 87.5 cm³/mol. The molecule has 0 aliphatic rings. The number of benzene rings is 2. The van der Waals surface area contributed by atoms with E-state index in [1.54, 1.807) is 0 Å². The van der Waals surface area contributed by atoms with Crippen molar-refractivity contribution in [1.29, 1.82) is 0 Å². The molecule has 0 radical (unpaired) electrons. The lowest BCUT2D eigenvalue weighted by atomic mass is 10.0. The van der Waals surface area contributed by atoms with Crippen molar-refractivity contribution in [2.24, 2.45) is 0 Å². The first-order valence-corrected chi connectivity index (χ1v) is 7.25. The molecule has 0 aliphatic carbocycles. The van der Waals surface area contributed by atoms with Gasteiger partial charge in [-0.15, -0.1) is 0 Å². The summed E-state index contributed by atoms with van der Waals surface area (Å²) < 4.78 is 0. The summed E-state index contributed by atoms with van der Waals surface area (Å²) >= 11 is 0. The lowest BCUT2D eigenvalue weighted by molar-refractivity contribution is 0.977. The zero-order chi connectivity index (χ0) is 14.1. The van der Waals surface area contributed by atoms with Crippen molar-refractivity contribution >= 4 is 27.4 Å². The summed E-state index contributed by atoms with van der Waals surface area (Å²) in [5.74, 6) is 0. The van der Waals surface area contributed by atoms with Gasteiger partial charge in [-0.3, -0.25) is 4.98 Å². The van der Waals surface area contributed by atoms with Crippen molar-refractivity contribution in [3.63, 3.8) is 0 Å². The summed E-state index contributed by atoms with van der Waals surface area (Å²) in [5.41, 5.74) is 4.69. The third kappa shape index (κ3) is 2.01. The van der Waals surface area contributed by atoms with Gasteiger partial charge in [0, 0.05) is 28.7 Å². The molecule has 0 unspecified atom stereocenters. The first kappa shape index (κ1) is 12.9. The molecule has 2 heteroatoms. The minimum Gasteiger partial charge on any atom is -0.384 e. The fourth-order valence-corrected chi connectivity index (χ4v) is 2.69. The summed E-state index contributed by atoms with van der Waals surface area (Å²) in [5, 5.41) is 7.27. The summed E-state index contributed by atoms with van der Waals surface area (Å²) in [7, 11) is 0. The van der Waals surface area contributed by atoms with Gasteiger partial charge in [0.1, 0.15) is 0 Å². The Hall–Kier alpha value is -2.09. The molecule has 0 fully saturated rings. The van der Waals surface area contributed by atoms with Crippen molar-refractivity contribution in [2.75, 3.05) is 11.9 Å². The molecule has 0 spiro atoms. The molecule has 102 valence electrons. The Balaban J connectivity index is 2.37. The van der Waals surface area contributed by atoms with Crippen LogP contribution in [0.2, 0.25) is 0 Å². The molecule has 3 aromatic rings. The number of aromatic nitrogens is 1. The van der Waals surface area contributed by atoms with E-state index < -0.39 is 0 Å². The van der Waals surface area contributed by atoms with Gasteiger partial charge in [0.05, 0.1) is 5.52 Å². The maximum absolute atomic E-state index is 4.83. The van der Waals surface area contributed by atoms with Crippen LogP contribution in [0.4, 0.5) is 5.69 Å². The number of aryl methyl sites for hydroxylation is 1. The molecule has 0 saturated heterocycles. The molecule has 1 heterocycles. The minimum atomic E-state index is 0.992. The van der Waals surface area contributed by atoms with E-state index in [0.717, 1.165) is 24.2 Å². The van der Waals surface area contributed by atoms with Crippen LogP contribution in [0.5, 0.6) is 0 Å². The van der Waals surface area contributed by atoms with Gasteiger partial charge in [0.25, 0.3) is 0 Å². The molecular weight excluding hydrogens is 244 g/mol. The van der Waals surface area contributed by atoms with E-state index in [1.807, 2.05) is 0 Å². The third-order valence-corrected chi connectivity index (χ3v) is 3.92. The molecule has 0 aliphatic heterocycles. The fraction of sp³-hybridized carbons (Fsp3) is 0.278. The Kier molecular flexibility index (Phi) is 3.31. The number of hydrogen-bond acceptors (Lipinski definition) is 2. The van der Waals surface area contributed by atoms with Crippen LogP contribution in [0.3, 0.4) is 0 Å². The Morgan fingerprint density at radius 3 is 2.60 bits per heavy atom. The molecule has 20 heavy (non-hydrogen) atoms. The molecule has 0 atom stereocenters. The zero-order valence-corrected chi connectivity index (χ0v) is 12.3. The second-order valence-corrected chi connectivity index (χ2v) is 5.31. The maximum Gasteiger partial charge on any atom is 0.0804 e. The second kappa shape index (κ2) is 5.12. The van der Waals surface area contributed by atoms with Gasteiger partial charge < -0.3 is 5.32 Å². The van der Waals surface area contributed by atoms with Crippen molar-refractivity contribution in [3.8, 4) is 0 Å². The number of hydrogen-bond donors (Lipinski definition) is 1. The molecule has 0 amide bonds. The number of anilines is 1. The lowest BCUT2D eigenvalue weighted by Gasteiger charge is -2.15.